The van der Waals surface area contributed by atoms with Crippen molar-refractivity contribution < 1.29 is 0 Å². The normalized spacial score (nSPS) is 12.6. The quantitative estimate of drug-likeness (QED) is 0.630. The first-order valence-corrected chi connectivity index (χ1v) is 7.68. The van der Waals surface area contributed by atoms with E-state index in [1.54, 1.807) is 0 Å². The summed E-state index contributed by atoms with van der Waals surface area (Å²) in [5, 5.41) is 2.12. The lowest BCUT2D eigenvalue weighted by molar-refractivity contribution is 0.493. The van der Waals surface area contributed by atoms with Crippen LogP contribution in [0.4, 0.5) is 0 Å². The molecular weight excluding hydrogens is 308 g/mol. The first-order chi connectivity index (χ1) is 8.78. The molecule has 2 aromatic rings. The highest BCUT2D eigenvalue weighted by molar-refractivity contribution is 9.10. The van der Waals surface area contributed by atoms with Crippen LogP contribution in [0.15, 0.2) is 46.3 Å². The van der Waals surface area contributed by atoms with E-state index in [0.717, 1.165) is 23.7 Å². The van der Waals surface area contributed by atoms with Crippen LogP contribution in [0.3, 0.4) is 0 Å². The fourth-order valence-electron chi connectivity index (χ4n) is 1.92. The third-order valence-electron chi connectivity index (χ3n) is 2.95. The van der Waals surface area contributed by atoms with Crippen LogP contribution in [0.1, 0.15) is 16.9 Å². The van der Waals surface area contributed by atoms with Crippen molar-refractivity contribution in [3.63, 3.8) is 0 Å². The lowest BCUT2D eigenvalue weighted by atomic mass is 10.0. The van der Waals surface area contributed by atoms with Crippen LogP contribution < -0.4 is 11.3 Å². The van der Waals surface area contributed by atoms with Crippen LogP contribution in [0.5, 0.6) is 0 Å². The molecule has 0 fully saturated rings. The van der Waals surface area contributed by atoms with E-state index < -0.39 is 0 Å². The molecule has 0 amide bonds. The monoisotopic (exact) mass is 324 g/mol. The molecule has 1 aromatic carbocycles. The van der Waals surface area contributed by atoms with Gasteiger partial charge in [-0.15, -0.1) is 11.3 Å². The summed E-state index contributed by atoms with van der Waals surface area (Å²) in [5.41, 5.74) is 4.23. The highest BCUT2D eigenvalue weighted by atomic mass is 79.9. The van der Waals surface area contributed by atoms with E-state index in [9.17, 15) is 0 Å². The molecule has 0 bridgehead atoms. The van der Waals surface area contributed by atoms with Gasteiger partial charge in [0.25, 0.3) is 0 Å². The molecular formula is C14H17BrN2S. The number of nitrogens with one attached hydrogen (secondary N) is 1. The molecule has 1 aromatic heterocycles. The molecule has 18 heavy (non-hydrogen) atoms. The zero-order valence-corrected chi connectivity index (χ0v) is 12.5. The zero-order valence-electron chi connectivity index (χ0n) is 10.1. The van der Waals surface area contributed by atoms with Crippen LogP contribution in [0, 0.1) is 0 Å². The molecule has 1 atom stereocenters. The second-order valence-corrected chi connectivity index (χ2v) is 6.26. The van der Waals surface area contributed by atoms with Crippen LogP contribution in [-0.4, -0.2) is 6.04 Å². The van der Waals surface area contributed by atoms with Crippen molar-refractivity contribution in [3.8, 4) is 0 Å². The van der Waals surface area contributed by atoms with E-state index in [-0.39, 0.29) is 0 Å². The highest BCUT2D eigenvalue weighted by Gasteiger charge is 2.08. The molecule has 0 aliphatic carbocycles. The first-order valence-electron chi connectivity index (χ1n) is 6.01. The number of hydrazine groups is 1. The van der Waals surface area contributed by atoms with E-state index in [0.29, 0.717) is 6.04 Å². The molecule has 0 saturated carbocycles. The number of hydrogen-bond acceptors (Lipinski definition) is 3. The van der Waals surface area contributed by atoms with Crippen molar-refractivity contribution in [2.75, 3.05) is 0 Å². The van der Waals surface area contributed by atoms with Gasteiger partial charge < -0.3 is 0 Å². The topological polar surface area (TPSA) is 38.0 Å². The van der Waals surface area contributed by atoms with Crippen molar-refractivity contribution in [3.05, 3.63) is 56.7 Å². The molecule has 3 N–H and O–H groups in total. The highest BCUT2D eigenvalue weighted by Crippen LogP contribution is 2.15. The average molecular weight is 325 g/mol. The summed E-state index contributed by atoms with van der Waals surface area (Å²) < 4.78 is 1.11. The molecule has 4 heteroatoms. The molecule has 96 valence electrons. The third kappa shape index (κ3) is 4.21. The third-order valence-corrected chi connectivity index (χ3v) is 4.42. The second-order valence-electron chi connectivity index (χ2n) is 4.31. The summed E-state index contributed by atoms with van der Waals surface area (Å²) in [6, 6.07) is 13.0. The molecule has 0 aliphatic heterocycles. The zero-order chi connectivity index (χ0) is 12.8. The summed E-state index contributed by atoms with van der Waals surface area (Å²) in [6.07, 6.45) is 3.12. The molecule has 2 rings (SSSR count). The van der Waals surface area contributed by atoms with Crippen molar-refractivity contribution in [2.45, 2.75) is 25.3 Å². The number of nitrogens with two attached hydrogens (primary N) is 1. The molecule has 1 heterocycles. The largest absolute Gasteiger partial charge is 0.271 e. The van der Waals surface area contributed by atoms with Gasteiger partial charge in [0.15, 0.2) is 0 Å². The Labute approximate surface area is 120 Å². The number of aryl methyl sites for hydroxylation is 1. The minimum absolute atomic E-state index is 0.327. The van der Waals surface area contributed by atoms with Gasteiger partial charge in [-0.3, -0.25) is 11.3 Å². The predicted octanol–water partition coefficient (Wildman–Crippen LogP) is 3.52. The molecule has 1 unspecified atom stereocenters. The minimum atomic E-state index is 0.327. The van der Waals surface area contributed by atoms with Crippen LogP contribution in [-0.2, 0) is 12.8 Å². The van der Waals surface area contributed by atoms with Gasteiger partial charge in [-0.25, -0.2) is 0 Å². The average Bonchev–Trinajstić information content (AvgIpc) is 2.90. The SMILES string of the molecule is NNC(CCc1cccs1)Cc1ccc(Br)cc1. The van der Waals surface area contributed by atoms with Gasteiger partial charge in [-0.1, -0.05) is 34.1 Å². The van der Waals surface area contributed by atoms with Crippen LogP contribution in [0.25, 0.3) is 0 Å². The summed E-state index contributed by atoms with van der Waals surface area (Å²) in [5.74, 6) is 5.63. The van der Waals surface area contributed by atoms with E-state index in [4.69, 9.17) is 5.84 Å². The Kier molecular flexibility index (Phi) is 5.38. The minimum Gasteiger partial charge on any atom is -0.271 e. The summed E-state index contributed by atoms with van der Waals surface area (Å²) in [6.45, 7) is 0. The van der Waals surface area contributed by atoms with E-state index in [1.165, 1.54) is 10.4 Å². The number of halogens is 1. The number of rotatable bonds is 6. The summed E-state index contributed by atoms with van der Waals surface area (Å²) >= 11 is 5.26. The van der Waals surface area contributed by atoms with Gasteiger partial charge in [0.1, 0.15) is 0 Å². The molecule has 0 spiro atoms. The van der Waals surface area contributed by atoms with Gasteiger partial charge in [-0.2, -0.15) is 0 Å². The molecule has 0 saturated heterocycles. The Morgan fingerprint density at radius 2 is 2.00 bits per heavy atom. The second kappa shape index (κ2) is 7.04. The fourth-order valence-corrected chi connectivity index (χ4v) is 2.91. The standard InChI is InChI=1S/C14H17BrN2S/c15-12-5-3-11(4-6-12)10-13(17-16)7-8-14-2-1-9-18-14/h1-6,9,13,17H,7-8,10,16H2. The Balaban J connectivity index is 1.87. The number of thiophene rings is 1. The number of benzene rings is 1. The predicted molar refractivity (Wildman–Crippen MR) is 81.6 cm³/mol. The lowest BCUT2D eigenvalue weighted by Gasteiger charge is -2.15. The molecule has 0 radical (unpaired) electrons. The maximum absolute atomic E-state index is 5.63. The van der Waals surface area contributed by atoms with Crippen molar-refractivity contribution in [2.24, 2.45) is 5.84 Å². The van der Waals surface area contributed by atoms with Gasteiger partial charge >= 0.3 is 0 Å². The maximum Gasteiger partial charge on any atom is 0.0254 e. The molecule has 0 aliphatic rings. The van der Waals surface area contributed by atoms with Gasteiger partial charge in [0.2, 0.25) is 0 Å². The van der Waals surface area contributed by atoms with Crippen LogP contribution >= 0.6 is 27.3 Å². The van der Waals surface area contributed by atoms with Gasteiger partial charge in [0, 0.05) is 15.4 Å². The Morgan fingerprint density at radius 1 is 1.22 bits per heavy atom. The maximum atomic E-state index is 5.63. The van der Waals surface area contributed by atoms with Crippen LogP contribution in [0.2, 0.25) is 0 Å². The summed E-state index contributed by atoms with van der Waals surface area (Å²) in [7, 11) is 0. The first kappa shape index (κ1) is 13.7. The van der Waals surface area contributed by atoms with E-state index in [2.05, 4.69) is 63.1 Å². The molecule has 2 nitrogen and oxygen atoms in total. The van der Waals surface area contributed by atoms with Gasteiger partial charge in [-0.05, 0) is 48.4 Å². The van der Waals surface area contributed by atoms with Crippen molar-refractivity contribution in [1.82, 2.24) is 5.43 Å². The fraction of sp³-hybridized carbons (Fsp3) is 0.286. The Hall–Kier alpha value is -0.680. The van der Waals surface area contributed by atoms with E-state index in [1.807, 2.05) is 11.3 Å². The van der Waals surface area contributed by atoms with E-state index >= 15 is 0 Å². The summed E-state index contributed by atoms with van der Waals surface area (Å²) in [4.78, 5) is 1.42. The van der Waals surface area contributed by atoms with Gasteiger partial charge in [0.05, 0.1) is 0 Å². The van der Waals surface area contributed by atoms with Crippen molar-refractivity contribution in [1.29, 1.82) is 0 Å². The Morgan fingerprint density at radius 3 is 2.61 bits per heavy atom. The number of hydrogen-bond donors (Lipinski definition) is 2. The Bertz CT molecular complexity index is 453. The smallest absolute Gasteiger partial charge is 0.0254 e. The van der Waals surface area contributed by atoms with Crippen molar-refractivity contribution >= 4 is 27.3 Å². The lowest BCUT2D eigenvalue weighted by Crippen LogP contribution is -2.37.